The van der Waals surface area contributed by atoms with Gasteiger partial charge in [-0.05, 0) is 38.0 Å². The third kappa shape index (κ3) is 5.42. The molecular weight excluding hydrogens is 568 g/mol. The summed E-state index contributed by atoms with van der Waals surface area (Å²) in [5.41, 5.74) is 4.29. The number of ether oxygens (including phenoxy) is 2. The minimum atomic E-state index is -0.451. The van der Waals surface area contributed by atoms with E-state index in [4.69, 9.17) is 18.9 Å². The number of furan rings is 1. The van der Waals surface area contributed by atoms with Crippen molar-refractivity contribution in [3.8, 4) is 33.5 Å². The Labute approximate surface area is 250 Å². The van der Waals surface area contributed by atoms with Gasteiger partial charge in [0.2, 0.25) is 0 Å². The quantitative estimate of drug-likeness (QED) is 0.266. The van der Waals surface area contributed by atoms with Crippen LogP contribution in [0.15, 0.2) is 64.7 Å². The summed E-state index contributed by atoms with van der Waals surface area (Å²) in [6, 6.07) is 13.0. The molecule has 12 heteroatoms. The van der Waals surface area contributed by atoms with E-state index in [0.29, 0.717) is 53.0 Å². The van der Waals surface area contributed by atoms with E-state index in [0.717, 1.165) is 40.2 Å². The fraction of sp³-hybridized carbons (Fsp3) is 0.258. The number of likely N-dealkylation sites (tertiary alicyclic amines) is 1. The molecule has 0 saturated carbocycles. The molecule has 5 heterocycles. The average molecular weight is 597 g/mol. The summed E-state index contributed by atoms with van der Waals surface area (Å²) in [5, 5.41) is 17.9. The number of carbonyl (C=O) groups excluding carboxylic acids is 1. The third-order valence-corrected chi connectivity index (χ3v) is 8.29. The zero-order valence-electron chi connectivity index (χ0n) is 23.6. The molecular formula is C31H28N6O5S. The lowest BCUT2D eigenvalue weighted by atomic mass is 10.1. The Balaban J connectivity index is 1.08. The normalized spacial score (nSPS) is 15.3. The van der Waals surface area contributed by atoms with E-state index >= 15 is 0 Å². The largest absolute Gasteiger partial charge is 0.496 e. The van der Waals surface area contributed by atoms with Crippen molar-refractivity contribution >= 4 is 34.0 Å². The molecule has 2 aromatic carbocycles. The number of piperidine rings is 1. The number of imidazole rings is 1. The number of β-amino-alcohol motifs (C(OH)–C–C–N with tert-alkyl or cyclic N) is 1. The number of fused-ring (bicyclic) bond motifs is 2. The van der Waals surface area contributed by atoms with Gasteiger partial charge in [0.05, 0.1) is 42.4 Å². The number of aliphatic hydroxyl groups is 1. The standard InChI is InChI=1S/C31H28N6O5S/c1-18-13-32-31-34-25(15-37(31)35-18)28-12-24-26(10-23(40-2)11-27(24)42-28)41-16-21-17-43-29(33-21)19-5-7-20(8-6-19)30(39)36-9-3-4-22(38)14-36/h5-8,10-13,15,17,22,38H,3-4,9,14,16H2,1-2H3. The monoisotopic (exact) mass is 596 g/mol. The summed E-state index contributed by atoms with van der Waals surface area (Å²) in [4.78, 5) is 28.2. The summed E-state index contributed by atoms with van der Waals surface area (Å²) < 4.78 is 19.5. The summed E-state index contributed by atoms with van der Waals surface area (Å²) in [6.45, 7) is 3.17. The number of amides is 1. The fourth-order valence-electron chi connectivity index (χ4n) is 5.17. The number of hydrogen-bond donors (Lipinski definition) is 1. The second-order valence-electron chi connectivity index (χ2n) is 10.5. The highest BCUT2D eigenvalue weighted by Gasteiger charge is 2.23. The van der Waals surface area contributed by atoms with Gasteiger partial charge in [-0.1, -0.05) is 12.1 Å². The predicted octanol–water partition coefficient (Wildman–Crippen LogP) is 5.15. The van der Waals surface area contributed by atoms with Crippen LogP contribution in [0.25, 0.3) is 38.8 Å². The number of aliphatic hydroxyl groups excluding tert-OH is 1. The van der Waals surface area contributed by atoms with Crippen molar-refractivity contribution in [1.29, 1.82) is 0 Å². The SMILES string of the molecule is COc1cc(OCc2csc(-c3ccc(C(=O)N4CCCC(O)C4)cc3)n2)c2cc(-c3cn4nc(C)cnc4n3)oc2c1. The number of hydrogen-bond acceptors (Lipinski definition) is 10. The van der Waals surface area contributed by atoms with E-state index in [1.807, 2.05) is 54.8 Å². The molecule has 1 atom stereocenters. The lowest BCUT2D eigenvalue weighted by molar-refractivity contribution is 0.0474. The molecule has 0 radical (unpaired) electrons. The first kappa shape index (κ1) is 27.0. The highest BCUT2D eigenvalue weighted by molar-refractivity contribution is 7.13. The molecule has 1 fully saturated rings. The molecule has 7 rings (SSSR count). The Bertz CT molecular complexity index is 1950. The van der Waals surface area contributed by atoms with Crippen LogP contribution in [0.2, 0.25) is 0 Å². The molecule has 0 spiro atoms. The van der Waals surface area contributed by atoms with Crippen molar-refractivity contribution in [2.75, 3.05) is 20.2 Å². The van der Waals surface area contributed by atoms with Crippen LogP contribution in [0.5, 0.6) is 11.5 Å². The molecule has 11 nitrogen and oxygen atoms in total. The van der Waals surface area contributed by atoms with E-state index in [9.17, 15) is 9.90 Å². The zero-order valence-corrected chi connectivity index (χ0v) is 24.4. The first-order valence-electron chi connectivity index (χ1n) is 13.9. The van der Waals surface area contributed by atoms with Crippen molar-refractivity contribution in [2.45, 2.75) is 32.5 Å². The van der Waals surface area contributed by atoms with E-state index in [-0.39, 0.29) is 12.5 Å². The number of carbonyl (C=O) groups is 1. The highest BCUT2D eigenvalue weighted by Crippen LogP contribution is 2.37. The zero-order chi connectivity index (χ0) is 29.5. The molecule has 1 amide bonds. The second-order valence-corrected chi connectivity index (χ2v) is 11.3. The van der Waals surface area contributed by atoms with Crippen molar-refractivity contribution in [2.24, 2.45) is 0 Å². The van der Waals surface area contributed by atoms with Gasteiger partial charge < -0.3 is 23.9 Å². The maximum Gasteiger partial charge on any atom is 0.253 e. The summed E-state index contributed by atoms with van der Waals surface area (Å²) >= 11 is 1.51. The van der Waals surface area contributed by atoms with Gasteiger partial charge in [-0.2, -0.15) is 5.10 Å². The highest BCUT2D eigenvalue weighted by atomic mass is 32.1. The van der Waals surface area contributed by atoms with E-state index in [1.54, 1.807) is 28.9 Å². The van der Waals surface area contributed by atoms with Gasteiger partial charge in [0.15, 0.2) is 5.76 Å². The molecule has 1 aliphatic rings. The van der Waals surface area contributed by atoms with Crippen LogP contribution in [-0.2, 0) is 6.61 Å². The Morgan fingerprint density at radius 1 is 1.19 bits per heavy atom. The van der Waals surface area contributed by atoms with Crippen molar-refractivity contribution in [3.63, 3.8) is 0 Å². The first-order chi connectivity index (χ1) is 20.9. The lowest BCUT2D eigenvalue weighted by Gasteiger charge is -2.30. The maximum atomic E-state index is 12.9. The number of thiazole rings is 1. The van der Waals surface area contributed by atoms with Crippen LogP contribution in [0, 0.1) is 6.92 Å². The van der Waals surface area contributed by atoms with Gasteiger partial charge in [0, 0.05) is 41.7 Å². The average Bonchev–Trinajstić information content (AvgIpc) is 3.77. The summed E-state index contributed by atoms with van der Waals surface area (Å²) in [6.07, 6.45) is 4.55. The number of rotatable bonds is 7. The van der Waals surface area contributed by atoms with E-state index < -0.39 is 6.10 Å². The second kappa shape index (κ2) is 11.1. The van der Waals surface area contributed by atoms with E-state index in [1.165, 1.54) is 11.3 Å². The maximum absolute atomic E-state index is 12.9. The van der Waals surface area contributed by atoms with Crippen LogP contribution in [0.4, 0.5) is 0 Å². The molecule has 6 aromatic rings. The van der Waals surface area contributed by atoms with Gasteiger partial charge in [0.1, 0.15) is 34.4 Å². The number of aryl methyl sites for hydroxylation is 1. The number of benzene rings is 2. The van der Waals surface area contributed by atoms with Crippen molar-refractivity contribution in [3.05, 3.63) is 77.2 Å². The molecule has 1 N–H and O–H groups in total. The smallest absolute Gasteiger partial charge is 0.253 e. The number of methoxy groups -OCH3 is 1. The van der Waals surface area contributed by atoms with Gasteiger partial charge in [-0.3, -0.25) is 4.79 Å². The predicted molar refractivity (Wildman–Crippen MR) is 160 cm³/mol. The molecule has 218 valence electrons. The lowest BCUT2D eigenvalue weighted by Crippen LogP contribution is -2.42. The first-order valence-corrected chi connectivity index (χ1v) is 14.8. The number of aromatic nitrogens is 5. The molecule has 43 heavy (non-hydrogen) atoms. The topological polar surface area (TPSA) is 128 Å². The molecule has 4 aromatic heterocycles. The van der Waals surface area contributed by atoms with Crippen LogP contribution in [0.3, 0.4) is 0 Å². The van der Waals surface area contributed by atoms with Gasteiger partial charge >= 0.3 is 0 Å². The van der Waals surface area contributed by atoms with Crippen LogP contribution in [0.1, 0.15) is 34.6 Å². The van der Waals surface area contributed by atoms with Crippen LogP contribution in [-0.4, -0.2) is 66.8 Å². The minimum Gasteiger partial charge on any atom is -0.496 e. The van der Waals surface area contributed by atoms with Crippen LogP contribution >= 0.6 is 11.3 Å². The minimum absolute atomic E-state index is 0.0600. The van der Waals surface area contributed by atoms with Crippen molar-refractivity contribution in [1.82, 2.24) is 29.5 Å². The molecule has 0 aliphatic carbocycles. The summed E-state index contributed by atoms with van der Waals surface area (Å²) in [7, 11) is 1.60. The molecule has 0 bridgehead atoms. The van der Waals surface area contributed by atoms with E-state index in [2.05, 4.69) is 15.1 Å². The Morgan fingerprint density at radius 2 is 2.05 bits per heavy atom. The van der Waals surface area contributed by atoms with Gasteiger partial charge in [-0.15, -0.1) is 11.3 Å². The molecule has 1 saturated heterocycles. The van der Waals surface area contributed by atoms with Crippen LogP contribution < -0.4 is 9.47 Å². The fourth-order valence-corrected chi connectivity index (χ4v) is 5.98. The molecule has 1 unspecified atom stereocenters. The Hall–Kier alpha value is -4.81. The summed E-state index contributed by atoms with van der Waals surface area (Å²) in [5.74, 6) is 2.19. The third-order valence-electron chi connectivity index (χ3n) is 7.35. The van der Waals surface area contributed by atoms with Gasteiger partial charge in [0.25, 0.3) is 11.7 Å². The van der Waals surface area contributed by atoms with Crippen molar-refractivity contribution < 1.29 is 23.8 Å². The Morgan fingerprint density at radius 3 is 2.86 bits per heavy atom. The number of nitrogens with zero attached hydrogens (tertiary/aromatic N) is 6. The van der Waals surface area contributed by atoms with Gasteiger partial charge in [-0.25, -0.2) is 19.5 Å². The molecule has 1 aliphatic heterocycles. The Kier molecular flexibility index (Phi) is 6.99.